The van der Waals surface area contributed by atoms with Crippen molar-refractivity contribution in [3.8, 4) is 17.2 Å². The Morgan fingerprint density at radius 1 is 1.33 bits per heavy atom. The molecule has 2 aliphatic heterocycles. The zero-order chi connectivity index (χ0) is 14.1. The van der Waals surface area contributed by atoms with Crippen LogP contribution in [0, 0.1) is 0 Å². The number of ether oxygens (including phenoxy) is 3. The molecule has 5 nitrogen and oxygen atoms in total. The Bertz CT molecular complexity index is 498. The highest BCUT2D eigenvalue weighted by Crippen LogP contribution is 2.42. The minimum absolute atomic E-state index is 0. The summed E-state index contributed by atoms with van der Waals surface area (Å²) in [5, 5.41) is 3.50. The summed E-state index contributed by atoms with van der Waals surface area (Å²) < 4.78 is 16.3. The van der Waals surface area contributed by atoms with Crippen molar-refractivity contribution in [1.29, 1.82) is 0 Å². The monoisotopic (exact) mass is 314 g/mol. The molecule has 3 rings (SSSR count). The van der Waals surface area contributed by atoms with Gasteiger partial charge in [0, 0.05) is 31.7 Å². The molecule has 2 unspecified atom stereocenters. The molecule has 0 amide bonds. The van der Waals surface area contributed by atoms with E-state index in [9.17, 15) is 0 Å². The lowest BCUT2D eigenvalue weighted by atomic mass is 10.1. The molecular formula is C15H23ClN2O3. The highest BCUT2D eigenvalue weighted by molar-refractivity contribution is 5.85. The number of hydrogen-bond donors (Lipinski definition) is 1. The Labute approximate surface area is 132 Å². The van der Waals surface area contributed by atoms with E-state index in [1.54, 1.807) is 7.11 Å². The van der Waals surface area contributed by atoms with Crippen molar-refractivity contribution in [2.24, 2.45) is 0 Å². The van der Waals surface area contributed by atoms with E-state index >= 15 is 0 Å². The first-order valence-electron chi connectivity index (χ1n) is 7.11. The molecule has 0 bridgehead atoms. The Hall–Kier alpha value is -1.17. The van der Waals surface area contributed by atoms with Crippen LogP contribution in [-0.2, 0) is 6.54 Å². The van der Waals surface area contributed by atoms with E-state index in [2.05, 4.69) is 30.1 Å². The van der Waals surface area contributed by atoms with Crippen LogP contribution in [0.1, 0.15) is 19.4 Å². The van der Waals surface area contributed by atoms with Gasteiger partial charge in [-0.25, -0.2) is 0 Å². The lowest BCUT2D eigenvalue weighted by molar-refractivity contribution is 0.138. The van der Waals surface area contributed by atoms with Gasteiger partial charge in [-0.3, -0.25) is 4.90 Å². The summed E-state index contributed by atoms with van der Waals surface area (Å²) in [6.45, 7) is 7.74. The van der Waals surface area contributed by atoms with Gasteiger partial charge in [0.25, 0.3) is 0 Å². The second-order valence-corrected chi connectivity index (χ2v) is 5.62. The second-order valence-electron chi connectivity index (χ2n) is 5.62. The molecule has 0 spiro atoms. The number of nitrogens with one attached hydrogen (secondary N) is 1. The third kappa shape index (κ3) is 3.36. The number of nitrogens with zero attached hydrogens (tertiary/aromatic N) is 1. The van der Waals surface area contributed by atoms with Gasteiger partial charge in [0.15, 0.2) is 11.5 Å². The van der Waals surface area contributed by atoms with Crippen molar-refractivity contribution < 1.29 is 14.2 Å². The molecule has 1 N–H and O–H groups in total. The molecule has 118 valence electrons. The molecule has 2 heterocycles. The van der Waals surface area contributed by atoms with Crippen LogP contribution in [0.5, 0.6) is 17.2 Å². The van der Waals surface area contributed by atoms with E-state index in [-0.39, 0.29) is 19.2 Å². The first kappa shape index (κ1) is 16.2. The fraction of sp³-hybridized carbons (Fsp3) is 0.600. The highest BCUT2D eigenvalue weighted by atomic mass is 35.5. The van der Waals surface area contributed by atoms with Crippen LogP contribution < -0.4 is 19.5 Å². The molecule has 0 radical (unpaired) electrons. The summed E-state index contributed by atoms with van der Waals surface area (Å²) in [6, 6.07) is 5.17. The SMILES string of the molecule is COc1cc(CN2CC(C)NCC2C)cc2c1OCO2.Cl. The van der Waals surface area contributed by atoms with E-state index in [0.29, 0.717) is 12.1 Å². The number of benzene rings is 1. The minimum atomic E-state index is 0. The van der Waals surface area contributed by atoms with Gasteiger partial charge in [-0.15, -0.1) is 12.4 Å². The number of piperazine rings is 1. The van der Waals surface area contributed by atoms with Gasteiger partial charge in [0.1, 0.15) is 0 Å². The van der Waals surface area contributed by atoms with Gasteiger partial charge in [0.2, 0.25) is 12.5 Å². The average Bonchev–Trinajstić information content (AvgIpc) is 2.90. The Morgan fingerprint density at radius 3 is 2.90 bits per heavy atom. The van der Waals surface area contributed by atoms with Gasteiger partial charge in [-0.1, -0.05) is 0 Å². The van der Waals surface area contributed by atoms with Gasteiger partial charge >= 0.3 is 0 Å². The smallest absolute Gasteiger partial charge is 0.231 e. The van der Waals surface area contributed by atoms with Crippen molar-refractivity contribution >= 4 is 12.4 Å². The largest absolute Gasteiger partial charge is 0.493 e. The van der Waals surface area contributed by atoms with Crippen LogP contribution in [0.2, 0.25) is 0 Å². The lowest BCUT2D eigenvalue weighted by Crippen LogP contribution is -2.53. The predicted octanol–water partition coefficient (Wildman–Crippen LogP) is 2.03. The number of fused-ring (bicyclic) bond motifs is 1. The molecule has 0 aromatic heterocycles. The van der Waals surface area contributed by atoms with Crippen LogP contribution >= 0.6 is 12.4 Å². The molecule has 2 atom stereocenters. The minimum Gasteiger partial charge on any atom is -0.493 e. The molecule has 1 aromatic rings. The van der Waals surface area contributed by atoms with Crippen LogP contribution in [-0.4, -0.2) is 44.0 Å². The maximum absolute atomic E-state index is 5.49. The van der Waals surface area contributed by atoms with Crippen molar-refractivity contribution in [3.63, 3.8) is 0 Å². The maximum atomic E-state index is 5.49. The predicted molar refractivity (Wildman–Crippen MR) is 83.7 cm³/mol. The van der Waals surface area contributed by atoms with Crippen molar-refractivity contribution in [1.82, 2.24) is 10.2 Å². The van der Waals surface area contributed by atoms with Crippen molar-refractivity contribution in [2.75, 3.05) is 27.0 Å². The van der Waals surface area contributed by atoms with E-state index < -0.39 is 0 Å². The first-order valence-corrected chi connectivity index (χ1v) is 7.11. The Morgan fingerprint density at radius 2 is 2.14 bits per heavy atom. The molecule has 1 saturated heterocycles. The van der Waals surface area contributed by atoms with E-state index in [0.717, 1.165) is 36.9 Å². The Balaban J connectivity index is 0.00000161. The number of hydrogen-bond acceptors (Lipinski definition) is 5. The third-order valence-corrected chi connectivity index (χ3v) is 4.00. The van der Waals surface area contributed by atoms with E-state index in [1.807, 2.05) is 6.07 Å². The van der Waals surface area contributed by atoms with E-state index in [4.69, 9.17) is 14.2 Å². The number of rotatable bonds is 3. The van der Waals surface area contributed by atoms with E-state index in [1.165, 1.54) is 5.56 Å². The first-order chi connectivity index (χ1) is 9.67. The van der Waals surface area contributed by atoms with Crippen molar-refractivity contribution in [2.45, 2.75) is 32.5 Å². The number of methoxy groups -OCH3 is 1. The molecule has 1 aromatic carbocycles. The summed E-state index contributed by atoms with van der Waals surface area (Å²) in [5.74, 6) is 2.26. The van der Waals surface area contributed by atoms with Crippen LogP contribution in [0.4, 0.5) is 0 Å². The fourth-order valence-corrected chi connectivity index (χ4v) is 2.83. The third-order valence-electron chi connectivity index (χ3n) is 4.00. The van der Waals surface area contributed by atoms with Crippen LogP contribution in [0.3, 0.4) is 0 Å². The molecule has 0 aliphatic carbocycles. The quantitative estimate of drug-likeness (QED) is 0.924. The molecular weight excluding hydrogens is 292 g/mol. The van der Waals surface area contributed by atoms with Gasteiger partial charge in [-0.2, -0.15) is 0 Å². The molecule has 21 heavy (non-hydrogen) atoms. The summed E-state index contributed by atoms with van der Waals surface area (Å²) in [4.78, 5) is 2.48. The van der Waals surface area contributed by atoms with Crippen molar-refractivity contribution in [3.05, 3.63) is 17.7 Å². The highest BCUT2D eigenvalue weighted by Gasteiger charge is 2.25. The van der Waals surface area contributed by atoms with Gasteiger partial charge in [0.05, 0.1) is 7.11 Å². The summed E-state index contributed by atoms with van der Waals surface area (Å²) in [5.41, 5.74) is 1.20. The molecule has 2 aliphatic rings. The molecule has 1 fully saturated rings. The second kappa shape index (κ2) is 6.73. The maximum Gasteiger partial charge on any atom is 0.231 e. The Kier molecular flexibility index (Phi) is 5.19. The molecule has 0 saturated carbocycles. The summed E-state index contributed by atoms with van der Waals surface area (Å²) >= 11 is 0. The normalized spacial score (nSPS) is 24.5. The van der Waals surface area contributed by atoms with Gasteiger partial charge in [-0.05, 0) is 31.5 Å². The zero-order valence-electron chi connectivity index (χ0n) is 12.7. The topological polar surface area (TPSA) is 43.0 Å². The van der Waals surface area contributed by atoms with Crippen LogP contribution in [0.25, 0.3) is 0 Å². The average molecular weight is 315 g/mol. The summed E-state index contributed by atoms with van der Waals surface area (Å²) in [7, 11) is 1.66. The zero-order valence-corrected chi connectivity index (χ0v) is 13.5. The van der Waals surface area contributed by atoms with Crippen LogP contribution in [0.15, 0.2) is 12.1 Å². The summed E-state index contributed by atoms with van der Waals surface area (Å²) in [6.07, 6.45) is 0. The van der Waals surface area contributed by atoms with Gasteiger partial charge < -0.3 is 19.5 Å². The molecule has 6 heteroatoms. The fourth-order valence-electron chi connectivity index (χ4n) is 2.83. The standard InChI is InChI=1S/C15H22N2O3.ClH/c1-10-7-17(11(2)6-16-10)8-12-4-13(18-3)15-14(5-12)19-9-20-15;/h4-5,10-11,16H,6-9H2,1-3H3;1H. The number of halogens is 1. The lowest BCUT2D eigenvalue weighted by Gasteiger charge is -2.37.